The number of sulfonamides is 1. The number of amides is 1. The highest BCUT2D eigenvalue weighted by Gasteiger charge is 2.32. The number of carbonyl (C=O) groups is 1. The maximum absolute atomic E-state index is 12.8. The molecule has 0 aliphatic carbocycles. The summed E-state index contributed by atoms with van der Waals surface area (Å²) in [5.41, 5.74) is 1.98. The van der Waals surface area contributed by atoms with E-state index in [1.165, 1.54) is 11.4 Å². The van der Waals surface area contributed by atoms with Crippen molar-refractivity contribution in [3.63, 3.8) is 0 Å². The number of aryl methyl sites for hydroxylation is 2. The number of benzene rings is 1. The van der Waals surface area contributed by atoms with E-state index in [9.17, 15) is 13.2 Å². The molecular formula is C19H30ClN3O3S. The van der Waals surface area contributed by atoms with E-state index in [4.69, 9.17) is 0 Å². The van der Waals surface area contributed by atoms with E-state index in [-0.39, 0.29) is 29.8 Å². The highest BCUT2D eigenvalue weighted by Crippen LogP contribution is 2.27. The standard InChI is InChI=1S/C19H29N3O3S.ClH/c1-14-4-5-18(10-15(14)2)26(24,25)21(3)13-19(23)22-8-6-16-11-20-12-17(16)7-9-22;/h4-5,10,16-17,20H,6-9,11-13H2,1-3H3;1H/t16-,17+;. The lowest BCUT2D eigenvalue weighted by atomic mass is 9.92. The van der Waals surface area contributed by atoms with Crippen molar-refractivity contribution < 1.29 is 13.2 Å². The molecule has 3 rings (SSSR count). The first-order chi connectivity index (χ1) is 12.3. The zero-order valence-corrected chi connectivity index (χ0v) is 17.9. The predicted octanol–water partition coefficient (Wildman–Crippen LogP) is 1.80. The second-order valence-electron chi connectivity index (χ2n) is 7.64. The fourth-order valence-corrected chi connectivity index (χ4v) is 5.10. The average molecular weight is 416 g/mol. The molecule has 0 radical (unpaired) electrons. The number of nitrogens with zero attached hydrogens (tertiary/aromatic N) is 2. The highest BCUT2D eigenvalue weighted by atomic mass is 35.5. The molecule has 2 fully saturated rings. The number of fused-ring (bicyclic) bond motifs is 1. The van der Waals surface area contributed by atoms with Gasteiger partial charge in [0.25, 0.3) is 0 Å². The number of rotatable bonds is 4. The van der Waals surface area contributed by atoms with E-state index in [2.05, 4.69) is 5.32 Å². The molecule has 0 saturated carbocycles. The summed E-state index contributed by atoms with van der Waals surface area (Å²) in [6.45, 7) is 7.24. The van der Waals surface area contributed by atoms with Gasteiger partial charge in [0.15, 0.2) is 0 Å². The summed E-state index contributed by atoms with van der Waals surface area (Å²) < 4.78 is 26.8. The van der Waals surface area contributed by atoms with Crippen LogP contribution in [0.1, 0.15) is 24.0 Å². The van der Waals surface area contributed by atoms with E-state index < -0.39 is 10.0 Å². The minimum absolute atomic E-state index is 0. The number of hydrogen-bond acceptors (Lipinski definition) is 4. The summed E-state index contributed by atoms with van der Waals surface area (Å²) in [4.78, 5) is 14.8. The van der Waals surface area contributed by atoms with Gasteiger partial charge in [-0.1, -0.05) is 6.07 Å². The Morgan fingerprint density at radius 1 is 1.15 bits per heavy atom. The van der Waals surface area contributed by atoms with E-state index in [0.29, 0.717) is 11.8 Å². The molecule has 2 aliphatic heterocycles. The number of carbonyl (C=O) groups excluding carboxylic acids is 1. The monoisotopic (exact) mass is 415 g/mol. The lowest BCUT2D eigenvalue weighted by Gasteiger charge is -2.24. The molecule has 2 heterocycles. The lowest BCUT2D eigenvalue weighted by molar-refractivity contribution is -0.131. The molecule has 1 aromatic rings. The zero-order valence-electron chi connectivity index (χ0n) is 16.3. The minimum atomic E-state index is -3.66. The van der Waals surface area contributed by atoms with Gasteiger partial charge in [-0.05, 0) is 74.9 Å². The Kier molecular flexibility index (Phi) is 7.30. The minimum Gasteiger partial charge on any atom is -0.342 e. The van der Waals surface area contributed by atoms with Crippen LogP contribution in [-0.2, 0) is 14.8 Å². The first kappa shape index (κ1) is 22.1. The molecule has 27 heavy (non-hydrogen) atoms. The van der Waals surface area contributed by atoms with Crippen molar-refractivity contribution in [2.75, 3.05) is 39.8 Å². The van der Waals surface area contributed by atoms with E-state index in [0.717, 1.165) is 50.1 Å². The fraction of sp³-hybridized carbons (Fsp3) is 0.632. The van der Waals surface area contributed by atoms with Gasteiger partial charge in [0.2, 0.25) is 15.9 Å². The Morgan fingerprint density at radius 3 is 2.30 bits per heavy atom. The van der Waals surface area contributed by atoms with Crippen LogP contribution in [-0.4, -0.2) is 63.3 Å². The summed E-state index contributed by atoms with van der Waals surface area (Å²) in [6, 6.07) is 5.09. The predicted molar refractivity (Wildman–Crippen MR) is 109 cm³/mol. The van der Waals surface area contributed by atoms with Gasteiger partial charge in [-0.3, -0.25) is 4.79 Å². The fourth-order valence-electron chi connectivity index (χ4n) is 3.90. The Labute approximate surface area is 168 Å². The van der Waals surface area contributed by atoms with Gasteiger partial charge in [-0.25, -0.2) is 8.42 Å². The van der Waals surface area contributed by atoms with E-state index in [1.54, 1.807) is 18.2 Å². The van der Waals surface area contributed by atoms with Gasteiger partial charge in [0.1, 0.15) is 0 Å². The van der Waals surface area contributed by atoms with Gasteiger partial charge < -0.3 is 10.2 Å². The van der Waals surface area contributed by atoms with Crippen molar-refractivity contribution in [1.82, 2.24) is 14.5 Å². The van der Waals surface area contributed by atoms with Crippen molar-refractivity contribution in [2.24, 2.45) is 11.8 Å². The molecule has 2 atom stereocenters. The van der Waals surface area contributed by atoms with Gasteiger partial charge in [-0.15, -0.1) is 12.4 Å². The molecule has 0 unspecified atom stereocenters. The maximum Gasteiger partial charge on any atom is 0.243 e. The van der Waals surface area contributed by atoms with Crippen LogP contribution >= 0.6 is 12.4 Å². The molecule has 1 amide bonds. The van der Waals surface area contributed by atoms with E-state index in [1.807, 2.05) is 18.7 Å². The van der Waals surface area contributed by atoms with Crippen molar-refractivity contribution in [3.05, 3.63) is 29.3 Å². The molecule has 2 saturated heterocycles. The summed E-state index contributed by atoms with van der Waals surface area (Å²) in [5.74, 6) is 1.18. The lowest BCUT2D eigenvalue weighted by Crippen LogP contribution is -2.41. The molecule has 8 heteroatoms. The van der Waals surface area contributed by atoms with Crippen molar-refractivity contribution >= 4 is 28.3 Å². The van der Waals surface area contributed by atoms with Gasteiger partial charge >= 0.3 is 0 Å². The molecule has 0 spiro atoms. The SMILES string of the molecule is Cc1ccc(S(=O)(=O)N(C)CC(=O)N2CC[C@@H]3CNC[C@@H]3CC2)cc1C.Cl. The van der Waals surface area contributed by atoms with Gasteiger partial charge in [0, 0.05) is 20.1 Å². The molecule has 1 aromatic carbocycles. The molecule has 0 bridgehead atoms. The number of halogens is 1. The number of nitrogens with one attached hydrogen (secondary N) is 1. The molecule has 152 valence electrons. The molecular weight excluding hydrogens is 386 g/mol. The normalized spacial score (nSPS) is 22.9. The average Bonchev–Trinajstić information content (AvgIpc) is 2.95. The molecule has 1 N–H and O–H groups in total. The van der Waals surface area contributed by atoms with Crippen molar-refractivity contribution in [1.29, 1.82) is 0 Å². The van der Waals surface area contributed by atoms with Crippen molar-refractivity contribution in [2.45, 2.75) is 31.6 Å². The van der Waals surface area contributed by atoms with Crippen LogP contribution < -0.4 is 5.32 Å². The Balaban J connectivity index is 0.00000261. The zero-order chi connectivity index (χ0) is 18.9. The van der Waals surface area contributed by atoms with Crippen LogP contribution in [0.2, 0.25) is 0 Å². The van der Waals surface area contributed by atoms with Crippen LogP contribution in [0.4, 0.5) is 0 Å². The van der Waals surface area contributed by atoms with Crippen LogP contribution in [0.5, 0.6) is 0 Å². The highest BCUT2D eigenvalue weighted by molar-refractivity contribution is 7.89. The van der Waals surface area contributed by atoms with Crippen LogP contribution in [0.25, 0.3) is 0 Å². The first-order valence-corrected chi connectivity index (χ1v) is 10.7. The summed E-state index contributed by atoms with van der Waals surface area (Å²) in [6.07, 6.45) is 1.99. The summed E-state index contributed by atoms with van der Waals surface area (Å²) in [5, 5.41) is 3.42. The third-order valence-electron chi connectivity index (χ3n) is 5.92. The Morgan fingerprint density at radius 2 is 1.74 bits per heavy atom. The molecule has 6 nitrogen and oxygen atoms in total. The number of likely N-dealkylation sites (tertiary alicyclic amines) is 1. The molecule has 2 aliphatic rings. The smallest absolute Gasteiger partial charge is 0.243 e. The van der Waals surface area contributed by atoms with Crippen molar-refractivity contribution in [3.8, 4) is 0 Å². The quantitative estimate of drug-likeness (QED) is 0.814. The third kappa shape index (κ3) is 4.83. The van der Waals surface area contributed by atoms with Gasteiger partial charge in [-0.2, -0.15) is 4.31 Å². The van der Waals surface area contributed by atoms with Crippen LogP contribution in [0.15, 0.2) is 23.1 Å². The molecule has 0 aromatic heterocycles. The largest absolute Gasteiger partial charge is 0.342 e. The first-order valence-electron chi connectivity index (χ1n) is 9.31. The summed E-state index contributed by atoms with van der Waals surface area (Å²) >= 11 is 0. The number of likely N-dealkylation sites (N-methyl/N-ethyl adjacent to an activating group) is 1. The Hall–Kier alpha value is -1.15. The van der Waals surface area contributed by atoms with Crippen LogP contribution in [0, 0.1) is 25.7 Å². The second kappa shape index (κ2) is 8.90. The topological polar surface area (TPSA) is 69.7 Å². The third-order valence-corrected chi connectivity index (χ3v) is 7.72. The van der Waals surface area contributed by atoms with E-state index >= 15 is 0 Å². The van der Waals surface area contributed by atoms with Crippen LogP contribution in [0.3, 0.4) is 0 Å². The second-order valence-corrected chi connectivity index (χ2v) is 9.69. The maximum atomic E-state index is 12.8. The number of hydrogen-bond donors (Lipinski definition) is 1. The Bertz CT molecular complexity index is 770. The summed E-state index contributed by atoms with van der Waals surface area (Å²) in [7, 11) is -2.18. The van der Waals surface area contributed by atoms with Gasteiger partial charge in [0.05, 0.1) is 11.4 Å².